The summed E-state index contributed by atoms with van der Waals surface area (Å²) in [7, 11) is 0. The molecule has 1 N–H and O–H groups in total. The molecule has 6 heteroatoms. The zero-order valence-corrected chi connectivity index (χ0v) is 13.7. The molecule has 0 radical (unpaired) electrons. The smallest absolute Gasteiger partial charge is 0.310 e. The Hall–Kier alpha value is -3.41. The monoisotopic (exact) mass is 350 g/mol. The highest BCUT2D eigenvalue weighted by atomic mass is 19.1. The number of carbonyl (C=O) groups excluding carboxylic acids is 1. The summed E-state index contributed by atoms with van der Waals surface area (Å²) in [6.07, 6.45) is 1.82. The van der Waals surface area contributed by atoms with Crippen LogP contribution in [0.25, 0.3) is 0 Å². The number of nitrogens with zero attached hydrogens (tertiary/aromatic N) is 2. The summed E-state index contributed by atoms with van der Waals surface area (Å²) in [6.45, 7) is 0. The van der Waals surface area contributed by atoms with Crippen LogP contribution in [0, 0.1) is 5.82 Å². The lowest BCUT2D eigenvalue weighted by Crippen LogP contribution is -2.26. The lowest BCUT2D eigenvalue weighted by atomic mass is 9.97. The van der Waals surface area contributed by atoms with Crippen molar-refractivity contribution >= 4 is 11.6 Å². The summed E-state index contributed by atoms with van der Waals surface area (Å²) in [5.74, 6) is -0.492. The highest BCUT2D eigenvalue weighted by Crippen LogP contribution is 2.37. The van der Waals surface area contributed by atoms with Crippen molar-refractivity contribution in [2.45, 2.75) is 12.5 Å². The molecule has 26 heavy (non-hydrogen) atoms. The van der Waals surface area contributed by atoms with E-state index in [2.05, 4.69) is 5.10 Å². The van der Waals surface area contributed by atoms with E-state index in [9.17, 15) is 14.3 Å². The van der Waals surface area contributed by atoms with Gasteiger partial charge in [-0.05, 0) is 35.9 Å². The van der Waals surface area contributed by atoms with Crippen LogP contribution >= 0.6 is 0 Å². The normalized spacial score (nSPS) is 16.6. The van der Waals surface area contributed by atoms with Gasteiger partial charge < -0.3 is 9.52 Å². The number of furan rings is 1. The number of phenols is 1. The van der Waals surface area contributed by atoms with Gasteiger partial charge in [0.15, 0.2) is 5.76 Å². The van der Waals surface area contributed by atoms with Gasteiger partial charge in [-0.25, -0.2) is 9.40 Å². The van der Waals surface area contributed by atoms with Gasteiger partial charge in [-0.15, -0.1) is 0 Å². The number of amides is 1. The number of aromatic hydroxyl groups is 1. The predicted molar refractivity (Wildman–Crippen MR) is 93.3 cm³/mol. The van der Waals surface area contributed by atoms with Crippen LogP contribution in [0.4, 0.5) is 4.39 Å². The van der Waals surface area contributed by atoms with E-state index in [0.717, 1.165) is 5.56 Å². The van der Waals surface area contributed by atoms with Crippen molar-refractivity contribution in [3.63, 3.8) is 0 Å². The summed E-state index contributed by atoms with van der Waals surface area (Å²) in [4.78, 5) is 12.8. The Morgan fingerprint density at radius 3 is 2.58 bits per heavy atom. The summed E-state index contributed by atoms with van der Waals surface area (Å²) in [5.41, 5.74) is 1.95. The second-order valence-electron chi connectivity index (χ2n) is 5.96. The molecule has 0 saturated heterocycles. The van der Waals surface area contributed by atoms with Gasteiger partial charge >= 0.3 is 5.91 Å². The quantitative estimate of drug-likeness (QED) is 0.773. The van der Waals surface area contributed by atoms with Crippen molar-refractivity contribution in [2.75, 3.05) is 0 Å². The first-order chi connectivity index (χ1) is 12.6. The SMILES string of the molecule is O=C(c1ccco1)N1N=C(c2ccc(F)cc2)C[C@H]1c1ccccc1O. The third kappa shape index (κ3) is 2.86. The zero-order chi connectivity index (χ0) is 18.1. The first-order valence-corrected chi connectivity index (χ1v) is 8.12. The Bertz CT molecular complexity index is 965. The fourth-order valence-electron chi connectivity index (χ4n) is 3.04. The summed E-state index contributed by atoms with van der Waals surface area (Å²) < 4.78 is 18.4. The Morgan fingerprint density at radius 1 is 1.12 bits per heavy atom. The largest absolute Gasteiger partial charge is 0.508 e. The van der Waals surface area contributed by atoms with Crippen LogP contribution in [0.3, 0.4) is 0 Å². The molecule has 1 aliphatic heterocycles. The van der Waals surface area contributed by atoms with Gasteiger partial charge in [0.2, 0.25) is 0 Å². The second-order valence-corrected chi connectivity index (χ2v) is 5.96. The summed E-state index contributed by atoms with van der Waals surface area (Å²) >= 11 is 0. The van der Waals surface area contributed by atoms with Crippen LogP contribution in [0.5, 0.6) is 5.75 Å². The van der Waals surface area contributed by atoms with Crippen molar-refractivity contribution in [2.24, 2.45) is 5.10 Å². The van der Waals surface area contributed by atoms with Gasteiger partial charge in [0.05, 0.1) is 18.0 Å². The molecule has 1 aliphatic rings. The standard InChI is InChI=1S/C20H15FN2O3/c21-14-9-7-13(8-10-14)16-12-17(15-4-1-2-5-18(15)24)23(22-16)20(25)19-6-3-11-26-19/h1-11,17,24H,12H2/t17-/m0/s1. The van der Waals surface area contributed by atoms with Gasteiger partial charge in [0.25, 0.3) is 0 Å². The topological polar surface area (TPSA) is 66.0 Å². The molecule has 130 valence electrons. The molecule has 1 atom stereocenters. The minimum absolute atomic E-state index is 0.0882. The van der Waals surface area contributed by atoms with E-state index in [1.807, 2.05) is 0 Å². The molecule has 0 saturated carbocycles. The Morgan fingerprint density at radius 2 is 1.88 bits per heavy atom. The molecular formula is C20H15FN2O3. The average molecular weight is 350 g/mol. The molecule has 3 aromatic rings. The Kier molecular flexibility index (Phi) is 4.01. The molecule has 2 heterocycles. The van der Waals surface area contributed by atoms with Gasteiger partial charge in [-0.2, -0.15) is 5.10 Å². The van der Waals surface area contributed by atoms with Crippen molar-refractivity contribution < 1.29 is 18.7 Å². The number of hydrogen-bond donors (Lipinski definition) is 1. The van der Waals surface area contributed by atoms with E-state index in [-0.39, 0.29) is 17.3 Å². The molecule has 0 aliphatic carbocycles. The number of halogens is 1. The molecule has 2 aromatic carbocycles. The average Bonchev–Trinajstić information content (AvgIpc) is 3.32. The first-order valence-electron chi connectivity index (χ1n) is 8.12. The molecular weight excluding hydrogens is 335 g/mol. The number of rotatable bonds is 3. The predicted octanol–water partition coefficient (Wildman–Crippen LogP) is 4.12. The van der Waals surface area contributed by atoms with Crippen LogP contribution in [0.15, 0.2) is 76.4 Å². The van der Waals surface area contributed by atoms with Crippen molar-refractivity contribution in [3.8, 4) is 5.75 Å². The molecule has 4 rings (SSSR count). The fourth-order valence-corrected chi connectivity index (χ4v) is 3.04. The van der Waals surface area contributed by atoms with Gasteiger partial charge in [-0.1, -0.05) is 30.3 Å². The maximum Gasteiger partial charge on any atom is 0.310 e. The van der Waals surface area contributed by atoms with Crippen LogP contribution in [0.1, 0.15) is 34.1 Å². The third-order valence-electron chi connectivity index (χ3n) is 4.32. The number of hydrogen-bond acceptors (Lipinski definition) is 4. The van der Waals surface area contributed by atoms with E-state index in [0.29, 0.717) is 17.7 Å². The Labute approximate surface area is 149 Å². The van der Waals surface area contributed by atoms with Crippen LogP contribution in [0.2, 0.25) is 0 Å². The summed E-state index contributed by atoms with van der Waals surface area (Å²) in [5, 5.41) is 16.0. The van der Waals surface area contributed by atoms with E-state index in [4.69, 9.17) is 4.42 Å². The highest BCUT2D eigenvalue weighted by Gasteiger charge is 2.35. The van der Waals surface area contributed by atoms with Crippen molar-refractivity contribution in [3.05, 3.63) is 89.6 Å². The zero-order valence-electron chi connectivity index (χ0n) is 13.7. The lowest BCUT2D eigenvalue weighted by molar-refractivity contribution is 0.0677. The van der Waals surface area contributed by atoms with Gasteiger partial charge in [-0.3, -0.25) is 4.79 Å². The Balaban J connectivity index is 1.75. The minimum Gasteiger partial charge on any atom is -0.508 e. The molecule has 1 amide bonds. The number of carbonyl (C=O) groups is 1. The number of benzene rings is 2. The van der Waals surface area contributed by atoms with Crippen molar-refractivity contribution in [1.82, 2.24) is 5.01 Å². The highest BCUT2D eigenvalue weighted by molar-refractivity contribution is 6.04. The molecule has 0 bridgehead atoms. The third-order valence-corrected chi connectivity index (χ3v) is 4.32. The van der Waals surface area contributed by atoms with Crippen molar-refractivity contribution in [1.29, 1.82) is 0 Å². The van der Waals surface area contributed by atoms with Crippen LogP contribution < -0.4 is 0 Å². The van der Waals surface area contributed by atoms with Crippen LogP contribution in [-0.2, 0) is 0 Å². The first kappa shape index (κ1) is 16.1. The maximum atomic E-state index is 13.2. The second kappa shape index (κ2) is 6.48. The van der Waals surface area contributed by atoms with Crippen LogP contribution in [-0.4, -0.2) is 21.7 Å². The van der Waals surface area contributed by atoms with E-state index >= 15 is 0 Å². The van der Waals surface area contributed by atoms with E-state index in [1.54, 1.807) is 48.5 Å². The molecule has 0 unspecified atom stereocenters. The molecule has 1 aromatic heterocycles. The maximum absolute atomic E-state index is 13.2. The molecule has 0 fully saturated rings. The fraction of sp³-hybridized carbons (Fsp3) is 0.100. The van der Waals surface area contributed by atoms with E-state index < -0.39 is 11.9 Å². The summed E-state index contributed by atoms with van der Waals surface area (Å²) in [6, 6.07) is 15.5. The molecule has 5 nitrogen and oxygen atoms in total. The number of phenolic OH excluding ortho intramolecular Hbond substituents is 1. The van der Waals surface area contributed by atoms with Gasteiger partial charge in [0, 0.05) is 12.0 Å². The molecule has 0 spiro atoms. The van der Waals surface area contributed by atoms with E-state index in [1.165, 1.54) is 23.4 Å². The number of para-hydroxylation sites is 1. The number of hydrazone groups is 1. The minimum atomic E-state index is -0.478. The lowest BCUT2D eigenvalue weighted by Gasteiger charge is -2.21. The van der Waals surface area contributed by atoms with Gasteiger partial charge in [0.1, 0.15) is 11.6 Å².